The lowest BCUT2D eigenvalue weighted by molar-refractivity contribution is -0.139. The molecule has 0 saturated carbocycles. The van der Waals surface area contributed by atoms with Crippen molar-refractivity contribution in [3.8, 4) is 0 Å². The van der Waals surface area contributed by atoms with Crippen molar-refractivity contribution in [2.24, 2.45) is 0 Å². The minimum Gasteiger partial charge on any atom is -0.437 e. The first-order chi connectivity index (χ1) is 3.60. The van der Waals surface area contributed by atoms with Gasteiger partial charge in [0.15, 0.2) is 0 Å². The largest absolute Gasteiger partial charge is 0.437 e. The average Bonchev–Trinajstić information content (AvgIpc) is 1.82. The van der Waals surface area contributed by atoms with Crippen LogP contribution in [0.4, 0.5) is 0 Å². The summed E-state index contributed by atoms with van der Waals surface area (Å²) in [5.41, 5.74) is 0. The molecule has 1 heterocycles. The molecular weight excluding hydrogens is 128 g/mol. The summed E-state index contributed by atoms with van der Waals surface area (Å²) in [4.78, 5) is 10.3. The quantitative estimate of drug-likeness (QED) is 0.364. The van der Waals surface area contributed by atoms with Crippen LogP contribution in [-0.4, -0.2) is 11.0 Å². The van der Waals surface area contributed by atoms with Gasteiger partial charge in [0.25, 0.3) is 0 Å². The lowest BCUT2D eigenvalue weighted by atomic mass is 10.4. The molecule has 1 unspecified atom stereocenters. The van der Waals surface area contributed by atoms with E-state index in [1.165, 1.54) is 12.2 Å². The highest BCUT2D eigenvalue weighted by atomic mass is 35.5. The van der Waals surface area contributed by atoms with Crippen molar-refractivity contribution >= 4 is 17.6 Å². The predicted molar refractivity (Wildman–Crippen MR) is 29.5 cm³/mol. The van der Waals surface area contributed by atoms with Crippen molar-refractivity contribution in [3.63, 3.8) is 0 Å². The number of esters is 1. The van der Waals surface area contributed by atoms with Crippen molar-refractivity contribution < 1.29 is 9.53 Å². The van der Waals surface area contributed by atoms with Crippen LogP contribution in [0.3, 0.4) is 0 Å². The van der Waals surface area contributed by atoms with Gasteiger partial charge in [0.05, 0.1) is 0 Å². The molecule has 2 nitrogen and oxygen atoms in total. The van der Waals surface area contributed by atoms with E-state index in [4.69, 9.17) is 11.6 Å². The minimum absolute atomic E-state index is 0.373. The van der Waals surface area contributed by atoms with Crippen molar-refractivity contribution in [1.82, 2.24) is 0 Å². The van der Waals surface area contributed by atoms with Gasteiger partial charge in [-0.1, -0.05) is 11.6 Å². The van der Waals surface area contributed by atoms with E-state index in [2.05, 4.69) is 4.74 Å². The van der Waals surface area contributed by atoms with E-state index in [9.17, 15) is 4.79 Å². The summed E-state index contributed by atoms with van der Waals surface area (Å²) in [6.07, 6.45) is 2.82. The number of alkyl halides is 1. The molecule has 0 aromatic heterocycles. The zero-order valence-electron chi connectivity index (χ0n) is 4.35. The molecule has 0 aromatic carbocycles. The van der Waals surface area contributed by atoms with Gasteiger partial charge >= 0.3 is 5.97 Å². The van der Waals surface area contributed by atoms with Gasteiger partial charge < -0.3 is 4.74 Å². The van der Waals surface area contributed by atoms with Gasteiger partial charge in [-0.05, 0) is 13.0 Å². The van der Waals surface area contributed by atoms with Crippen LogP contribution in [0.15, 0.2) is 12.2 Å². The van der Waals surface area contributed by atoms with Gasteiger partial charge in [-0.15, -0.1) is 0 Å². The minimum atomic E-state index is -0.892. The number of hydrogen-bond acceptors (Lipinski definition) is 2. The number of carbonyl (C=O) groups excluding carboxylic acids is 1. The fraction of sp³-hybridized carbons (Fsp3) is 0.400. The number of cyclic esters (lactones) is 1. The number of rotatable bonds is 0. The maximum absolute atomic E-state index is 10.3. The maximum atomic E-state index is 10.3. The summed E-state index contributed by atoms with van der Waals surface area (Å²) in [6.45, 7) is 1.61. The zero-order chi connectivity index (χ0) is 6.20. The normalized spacial score (nSPS) is 35.5. The predicted octanol–water partition coefficient (Wildman–Crippen LogP) is 1.05. The molecule has 1 aliphatic rings. The lowest BCUT2D eigenvalue weighted by Crippen LogP contribution is -2.14. The van der Waals surface area contributed by atoms with Crippen LogP contribution in [0.1, 0.15) is 6.92 Å². The number of carbonyl (C=O) groups is 1. The summed E-state index contributed by atoms with van der Waals surface area (Å²) in [6, 6.07) is 0. The van der Waals surface area contributed by atoms with Gasteiger partial charge in [-0.2, -0.15) is 0 Å². The van der Waals surface area contributed by atoms with E-state index in [0.717, 1.165) is 0 Å². The second-order valence-corrected chi connectivity index (χ2v) is 2.49. The first kappa shape index (κ1) is 5.63. The summed E-state index contributed by atoms with van der Waals surface area (Å²) < 4.78 is 4.56. The molecule has 0 amide bonds. The summed E-state index contributed by atoms with van der Waals surface area (Å²) in [7, 11) is 0. The molecule has 1 rings (SSSR count). The molecule has 0 N–H and O–H groups in total. The first-order valence-corrected chi connectivity index (χ1v) is 2.59. The Morgan fingerprint density at radius 3 is 2.62 bits per heavy atom. The summed E-state index contributed by atoms with van der Waals surface area (Å²) in [5.74, 6) is -0.373. The van der Waals surface area contributed by atoms with Crippen molar-refractivity contribution in [2.45, 2.75) is 12.0 Å². The number of halogens is 1. The fourth-order valence-corrected chi connectivity index (χ4v) is 0.621. The monoisotopic (exact) mass is 132 g/mol. The van der Waals surface area contributed by atoms with Crippen LogP contribution in [-0.2, 0) is 9.53 Å². The molecule has 0 aliphatic carbocycles. The van der Waals surface area contributed by atoms with Gasteiger partial charge in [-0.25, -0.2) is 4.79 Å². The summed E-state index contributed by atoms with van der Waals surface area (Å²) >= 11 is 5.53. The molecule has 1 atom stereocenters. The van der Waals surface area contributed by atoms with E-state index >= 15 is 0 Å². The van der Waals surface area contributed by atoms with E-state index in [1.54, 1.807) is 6.92 Å². The van der Waals surface area contributed by atoms with Gasteiger partial charge in [0.1, 0.15) is 0 Å². The highest BCUT2D eigenvalue weighted by Gasteiger charge is 2.26. The van der Waals surface area contributed by atoms with Crippen LogP contribution < -0.4 is 0 Å². The molecule has 0 fully saturated rings. The van der Waals surface area contributed by atoms with Crippen molar-refractivity contribution in [1.29, 1.82) is 0 Å². The average molecular weight is 133 g/mol. The zero-order valence-corrected chi connectivity index (χ0v) is 5.11. The number of ether oxygens (including phenoxy) is 1. The summed E-state index contributed by atoms with van der Waals surface area (Å²) in [5, 5.41) is -0.892. The van der Waals surface area contributed by atoms with Crippen LogP contribution in [0, 0.1) is 0 Å². The molecule has 44 valence electrons. The standard InChI is InChI=1S/C5H5ClO2/c1-5(6)3-2-4(7)8-5/h2-3H,1H3. The topological polar surface area (TPSA) is 26.3 Å². The Balaban J connectivity index is 2.72. The van der Waals surface area contributed by atoms with E-state index < -0.39 is 5.06 Å². The highest BCUT2D eigenvalue weighted by molar-refractivity contribution is 6.25. The molecule has 8 heavy (non-hydrogen) atoms. The SMILES string of the molecule is CC1(Cl)C=CC(=O)O1. The Hall–Kier alpha value is -0.500. The van der Waals surface area contributed by atoms with Gasteiger partial charge in [0.2, 0.25) is 5.06 Å². The Kier molecular flexibility index (Phi) is 1.05. The molecule has 1 aliphatic heterocycles. The lowest BCUT2D eigenvalue weighted by Gasteiger charge is -2.09. The Labute approximate surface area is 52.1 Å². The second-order valence-electron chi connectivity index (χ2n) is 1.74. The van der Waals surface area contributed by atoms with Crippen molar-refractivity contribution in [2.75, 3.05) is 0 Å². The van der Waals surface area contributed by atoms with Crippen LogP contribution >= 0.6 is 11.6 Å². The third-order valence-electron chi connectivity index (χ3n) is 0.817. The smallest absolute Gasteiger partial charge is 0.332 e. The third-order valence-corrected chi connectivity index (χ3v) is 1.02. The molecule has 0 aromatic rings. The Morgan fingerprint density at radius 2 is 2.50 bits per heavy atom. The van der Waals surface area contributed by atoms with Crippen LogP contribution in [0.2, 0.25) is 0 Å². The van der Waals surface area contributed by atoms with E-state index in [0.29, 0.717) is 0 Å². The van der Waals surface area contributed by atoms with Gasteiger partial charge in [0, 0.05) is 6.08 Å². The molecule has 0 bridgehead atoms. The highest BCUT2D eigenvalue weighted by Crippen LogP contribution is 2.22. The van der Waals surface area contributed by atoms with E-state index in [1.807, 2.05) is 0 Å². The second kappa shape index (κ2) is 1.49. The fourth-order valence-electron chi connectivity index (χ4n) is 0.482. The van der Waals surface area contributed by atoms with Gasteiger partial charge in [-0.3, -0.25) is 0 Å². The van der Waals surface area contributed by atoms with Crippen LogP contribution in [0.25, 0.3) is 0 Å². The number of hydrogen-bond donors (Lipinski definition) is 0. The third kappa shape index (κ3) is 1.01. The molecular formula is C5H5ClO2. The first-order valence-electron chi connectivity index (χ1n) is 2.21. The molecule has 3 heteroatoms. The molecule has 0 spiro atoms. The van der Waals surface area contributed by atoms with Crippen LogP contribution in [0.5, 0.6) is 0 Å². The Bertz CT molecular complexity index is 149. The molecule has 0 saturated heterocycles. The molecule has 0 radical (unpaired) electrons. The Morgan fingerprint density at radius 1 is 1.88 bits per heavy atom. The van der Waals surface area contributed by atoms with E-state index in [-0.39, 0.29) is 5.97 Å². The van der Waals surface area contributed by atoms with Crippen molar-refractivity contribution in [3.05, 3.63) is 12.2 Å². The maximum Gasteiger partial charge on any atom is 0.332 e.